The predicted octanol–water partition coefficient (Wildman–Crippen LogP) is 1.32. The fourth-order valence-corrected chi connectivity index (χ4v) is 3.74. The van der Waals surface area contributed by atoms with Gasteiger partial charge in [-0.2, -0.15) is 0 Å². The number of hydrogen-bond acceptors (Lipinski definition) is 5. The molecular formula is C13H20N2O3S2. The summed E-state index contributed by atoms with van der Waals surface area (Å²) in [4.78, 5) is 16.1. The molecule has 0 bridgehead atoms. The number of sulfone groups is 1. The monoisotopic (exact) mass is 316 g/mol. The molecule has 0 aliphatic heterocycles. The van der Waals surface area contributed by atoms with E-state index in [1.165, 1.54) is 18.9 Å². The lowest BCUT2D eigenvalue weighted by molar-refractivity contribution is 0.0782. The molecule has 0 saturated heterocycles. The van der Waals surface area contributed by atoms with Gasteiger partial charge in [0.25, 0.3) is 5.91 Å². The third kappa shape index (κ3) is 3.80. The zero-order chi connectivity index (χ0) is 14.9. The zero-order valence-electron chi connectivity index (χ0n) is 12.0. The first-order valence-corrected chi connectivity index (χ1v) is 9.30. The van der Waals surface area contributed by atoms with Crippen molar-refractivity contribution in [3.63, 3.8) is 0 Å². The van der Waals surface area contributed by atoms with Crippen LogP contribution in [0.4, 0.5) is 0 Å². The molecule has 1 saturated carbocycles. The quantitative estimate of drug-likeness (QED) is 0.794. The number of likely N-dealkylation sites (N-methyl/N-ethyl adjacent to an activating group) is 2. The largest absolute Gasteiger partial charge is 0.340 e. The molecule has 20 heavy (non-hydrogen) atoms. The van der Waals surface area contributed by atoms with Crippen LogP contribution in [0.5, 0.6) is 0 Å². The van der Waals surface area contributed by atoms with Gasteiger partial charge in [-0.3, -0.25) is 4.79 Å². The highest BCUT2D eigenvalue weighted by Crippen LogP contribution is 2.25. The van der Waals surface area contributed by atoms with Crippen LogP contribution in [0.15, 0.2) is 15.7 Å². The topological polar surface area (TPSA) is 57.7 Å². The van der Waals surface area contributed by atoms with Gasteiger partial charge in [0.15, 0.2) is 9.84 Å². The van der Waals surface area contributed by atoms with E-state index in [4.69, 9.17) is 0 Å². The number of thiophene rings is 1. The molecule has 1 aromatic rings. The van der Waals surface area contributed by atoms with Crippen LogP contribution in [0.2, 0.25) is 0 Å². The molecular weight excluding hydrogens is 296 g/mol. The van der Waals surface area contributed by atoms with Gasteiger partial charge in [0.05, 0.1) is 5.56 Å². The molecule has 1 aromatic heterocycles. The van der Waals surface area contributed by atoms with E-state index >= 15 is 0 Å². The number of rotatable bonds is 6. The van der Waals surface area contributed by atoms with Crippen molar-refractivity contribution in [2.75, 3.05) is 33.4 Å². The average molecular weight is 316 g/mol. The van der Waals surface area contributed by atoms with Gasteiger partial charge in [0.2, 0.25) is 0 Å². The Bertz CT molecular complexity index is 591. The summed E-state index contributed by atoms with van der Waals surface area (Å²) >= 11 is 1.10. The molecule has 1 heterocycles. The van der Waals surface area contributed by atoms with E-state index in [0.717, 1.165) is 24.1 Å². The van der Waals surface area contributed by atoms with E-state index in [9.17, 15) is 13.2 Å². The molecule has 0 radical (unpaired) electrons. The first-order chi connectivity index (χ1) is 9.29. The van der Waals surface area contributed by atoms with E-state index in [1.54, 1.807) is 17.3 Å². The molecule has 1 fully saturated rings. The molecule has 0 N–H and O–H groups in total. The molecule has 0 atom stereocenters. The van der Waals surface area contributed by atoms with Gasteiger partial charge in [-0.25, -0.2) is 8.42 Å². The van der Waals surface area contributed by atoms with Gasteiger partial charge in [-0.15, -0.1) is 11.3 Å². The number of carbonyl (C=O) groups excluding carboxylic acids is 1. The maximum absolute atomic E-state index is 12.2. The van der Waals surface area contributed by atoms with Crippen LogP contribution in [0.25, 0.3) is 0 Å². The summed E-state index contributed by atoms with van der Waals surface area (Å²) < 4.78 is 23.1. The molecule has 5 nitrogen and oxygen atoms in total. The Kier molecular flexibility index (Phi) is 4.51. The van der Waals surface area contributed by atoms with Crippen LogP contribution in [-0.4, -0.2) is 63.6 Å². The summed E-state index contributed by atoms with van der Waals surface area (Å²) in [7, 11) is 0.592. The fraction of sp³-hybridized carbons (Fsp3) is 0.615. The smallest absolute Gasteiger partial charge is 0.254 e. The maximum atomic E-state index is 12.2. The maximum Gasteiger partial charge on any atom is 0.254 e. The van der Waals surface area contributed by atoms with Crippen molar-refractivity contribution < 1.29 is 13.2 Å². The van der Waals surface area contributed by atoms with Crippen molar-refractivity contribution in [3.8, 4) is 0 Å². The third-order valence-corrected chi connectivity index (χ3v) is 6.26. The number of hydrogen-bond donors (Lipinski definition) is 0. The molecule has 0 aromatic carbocycles. The SMILES string of the molecule is CN(CCN(C)C1CC1)C(=O)c1csc(S(C)(=O)=O)c1. The summed E-state index contributed by atoms with van der Waals surface area (Å²) in [6.07, 6.45) is 3.65. The van der Waals surface area contributed by atoms with Crippen molar-refractivity contribution in [2.45, 2.75) is 23.1 Å². The molecule has 112 valence electrons. The Morgan fingerprint density at radius 2 is 2.00 bits per heavy atom. The highest BCUT2D eigenvalue weighted by atomic mass is 32.2. The Balaban J connectivity index is 1.94. The van der Waals surface area contributed by atoms with E-state index in [0.29, 0.717) is 18.2 Å². The number of carbonyl (C=O) groups is 1. The zero-order valence-corrected chi connectivity index (χ0v) is 13.6. The van der Waals surface area contributed by atoms with E-state index in [2.05, 4.69) is 11.9 Å². The fourth-order valence-electron chi connectivity index (χ4n) is 1.95. The Labute approximate surface area is 124 Å². The Morgan fingerprint density at radius 1 is 1.35 bits per heavy atom. The minimum Gasteiger partial charge on any atom is -0.340 e. The molecule has 1 aliphatic rings. The van der Waals surface area contributed by atoms with Crippen LogP contribution < -0.4 is 0 Å². The molecule has 1 amide bonds. The third-order valence-electron chi connectivity index (χ3n) is 3.49. The standard InChI is InChI=1S/C13H20N2O3S2/c1-14(11-4-5-11)6-7-15(2)13(16)10-8-12(19-9-10)20(3,17)18/h8-9,11H,4-7H2,1-3H3. The highest BCUT2D eigenvalue weighted by Gasteiger charge is 2.26. The van der Waals surface area contributed by atoms with Crippen molar-refractivity contribution >= 4 is 27.1 Å². The van der Waals surface area contributed by atoms with Crippen molar-refractivity contribution in [2.24, 2.45) is 0 Å². The first-order valence-electron chi connectivity index (χ1n) is 6.53. The molecule has 7 heteroatoms. The van der Waals surface area contributed by atoms with Crippen molar-refractivity contribution in [1.82, 2.24) is 9.80 Å². The number of amides is 1. The summed E-state index contributed by atoms with van der Waals surface area (Å²) in [5, 5.41) is 1.61. The Morgan fingerprint density at radius 3 is 2.50 bits per heavy atom. The van der Waals surface area contributed by atoms with Crippen molar-refractivity contribution in [3.05, 3.63) is 17.0 Å². The Hall–Kier alpha value is -0.920. The van der Waals surface area contributed by atoms with E-state index in [1.807, 2.05) is 0 Å². The summed E-state index contributed by atoms with van der Waals surface area (Å²) in [5.74, 6) is -0.125. The molecule has 2 rings (SSSR count). The second-order valence-electron chi connectivity index (χ2n) is 5.37. The van der Waals surface area contributed by atoms with E-state index < -0.39 is 9.84 Å². The molecule has 0 unspecified atom stereocenters. The van der Waals surface area contributed by atoms with Gasteiger partial charge in [-0.1, -0.05) is 0 Å². The van der Waals surface area contributed by atoms with Crippen molar-refractivity contribution in [1.29, 1.82) is 0 Å². The van der Waals surface area contributed by atoms with Gasteiger partial charge in [-0.05, 0) is 26.0 Å². The van der Waals surface area contributed by atoms with Crippen LogP contribution in [0.1, 0.15) is 23.2 Å². The normalized spacial score (nSPS) is 15.6. The van der Waals surface area contributed by atoms with Crippen LogP contribution in [0.3, 0.4) is 0 Å². The lowest BCUT2D eigenvalue weighted by Gasteiger charge is -2.21. The summed E-state index contributed by atoms with van der Waals surface area (Å²) in [6, 6.07) is 2.14. The van der Waals surface area contributed by atoms with Crippen LogP contribution in [-0.2, 0) is 9.84 Å². The van der Waals surface area contributed by atoms with E-state index in [-0.39, 0.29) is 10.1 Å². The lowest BCUT2D eigenvalue weighted by Crippen LogP contribution is -2.35. The molecule has 0 spiro atoms. The molecule has 1 aliphatic carbocycles. The van der Waals surface area contributed by atoms with Gasteiger partial charge < -0.3 is 9.80 Å². The van der Waals surface area contributed by atoms with Crippen LogP contribution in [0, 0.1) is 0 Å². The lowest BCUT2D eigenvalue weighted by atomic mass is 10.3. The number of nitrogens with zero attached hydrogens (tertiary/aromatic N) is 2. The minimum atomic E-state index is -3.23. The van der Waals surface area contributed by atoms with Gasteiger partial charge >= 0.3 is 0 Å². The second-order valence-corrected chi connectivity index (χ2v) is 8.52. The highest BCUT2D eigenvalue weighted by molar-refractivity contribution is 7.92. The predicted molar refractivity (Wildman–Crippen MR) is 80.0 cm³/mol. The van der Waals surface area contributed by atoms with Gasteiger partial charge in [0.1, 0.15) is 4.21 Å². The summed E-state index contributed by atoms with van der Waals surface area (Å²) in [6.45, 7) is 1.49. The summed E-state index contributed by atoms with van der Waals surface area (Å²) in [5.41, 5.74) is 0.451. The van der Waals surface area contributed by atoms with Gasteiger partial charge in [0, 0.05) is 37.8 Å². The first kappa shape index (κ1) is 15.5. The minimum absolute atomic E-state index is 0.125. The van der Waals surface area contributed by atoms with Crippen LogP contribution >= 0.6 is 11.3 Å². The average Bonchev–Trinajstić information content (AvgIpc) is 3.10. The second kappa shape index (κ2) is 5.83.